The molecule has 4 heteroatoms. The van der Waals surface area contributed by atoms with Crippen molar-refractivity contribution in [2.45, 2.75) is 12.3 Å². The molecule has 0 saturated heterocycles. The third-order valence-electron chi connectivity index (χ3n) is 3.24. The molecule has 1 aromatic carbocycles. The number of hydrogen-bond acceptors (Lipinski definition) is 2. The standard InChI is InChI=1S/C14H11ClO3/c15-11-4-2-1-3-8(11)12-5-6-13(18-12)9-7-10(9)14(16)17/h1-6,9-10H,7H2,(H,16,17)/t9-,10+/m1/s1. The molecule has 1 N–H and O–H groups in total. The number of hydrogen-bond donors (Lipinski definition) is 1. The zero-order chi connectivity index (χ0) is 12.7. The summed E-state index contributed by atoms with van der Waals surface area (Å²) >= 11 is 6.09. The van der Waals surface area contributed by atoms with Crippen molar-refractivity contribution in [1.29, 1.82) is 0 Å². The van der Waals surface area contributed by atoms with Crippen molar-refractivity contribution in [3.8, 4) is 11.3 Å². The van der Waals surface area contributed by atoms with E-state index in [1.165, 1.54) is 0 Å². The van der Waals surface area contributed by atoms with Crippen LogP contribution in [0.1, 0.15) is 18.1 Å². The van der Waals surface area contributed by atoms with E-state index in [1.54, 1.807) is 6.07 Å². The highest BCUT2D eigenvalue weighted by Gasteiger charge is 2.46. The summed E-state index contributed by atoms with van der Waals surface area (Å²) < 4.78 is 5.71. The lowest BCUT2D eigenvalue weighted by molar-refractivity contribution is -0.138. The Morgan fingerprint density at radius 3 is 2.72 bits per heavy atom. The van der Waals surface area contributed by atoms with Crippen LogP contribution in [0.15, 0.2) is 40.8 Å². The molecule has 18 heavy (non-hydrogen) atoms. The SMILES string of the molecule is O=C(O)[C@H]1C[C@H]1c1ccc(-c2ccccc2Cl)o1. The molecule has 1 aromatic heterocycles. The van der Waals surface area contributed by atoms with Gasteiger partial charge in [0.2, 0.25) is 0 Å². The number of carbonyl (C=O) groups is 1. The van der Waals surface area contributed by atoms with Gasteiger partial charge in [0.25, 0.3) is 0 Å². The number of rotatable bonds is 3. The monoisotopic (exact) mass is 262 g/mol. The van der Waals surface area contributed by atoms with Crippen LogP contribution in [-0.2, 0) is 4.79 Å². The van der Waals surface area contributed by atoms with Crippen LogP contribution >= 0.6 is 11.6 Å². The lowest BCUT2D eigenvalue weighted by Crippen LogP contribution is -1.98. The van der Waals surface area contributed by atoms with Gasteiger partial charge < -0.3 is 9.52 Å². The summed E-state index contributed by atoms with van der Waals surface area (Å²) in [7, 11) is 0. The van der Waals surface area contributed by atoms with Gasteiger partial charge in [0.1, 0.15) is 11.5 Å². The van der Waals surface area contributed by atoms with Gasteiger partial charge in [-0.2, -0.15) is 0 Å². The molecular formula is C14H11ClO3. The lowest BCUT2D eigenvalue weighted by Gasteiger charge is -1.99. The third-order valence-corrected chi connectivity index (χ3v) is 3.57. The van der Waals surface area contributed by atoms with Gasteiger partial charge in [-0.1, -0.05) is 23.7 Å². The fraction of sp³-hybridized carbons (Fsp3) is 0.214. The summed E-state index contributed by atoms with van der Waals surface area (Å²) in [6, 6.07) is 11.1. The van der Waals surface area contributed by atoms with Gasteiger partial charge in [-0.15, -0.1) is 0 Å². The summed E-state index contributed by atoms with van der Waals surface area (Å²) in [6.07, 6.45) is 0.658. The van der Waals surface area contributed by atoms with Crippen LogP contribution in [0.4, 0.5) is 0 Å². The van der Waals surface area contributed by atoms with E-state index < -0.39 is 5.97 Å². The Labute approximate surface area is 109 Å². The fourth-order valence-electron chi connectivity index (χ4n) is 2.14. The highest BCUT2D eigenvalue weighted by atomic mass is 35.5. The van der Waals surface area contributed by atoms with Crippen LogP contribution < -0.4 is 0 Å². The number of carboxylic acid groups (broad SMARTS) is 1. The number of aliphatic carboxylic acids is 1. The van der Waals surface area contributed by atoms with Crippen molar-refractivity contribution in [3.63, 3.8) is 0 Å². The highest BCUT2D eigenvalue weighted by molar-refractivity contribution is 6.33. The van der Waals surface area contributed by atoms with Crippen LogP contribution in [0.25, 0.3) is 11.3 Å². The summed E-state index contributed by atoms with van der Waals surface area (Å²) in [6.45, 7) is 0. The topological polar surface area (TPSA) is 50.4 Å². The van der Waals surface area contributed by atoms with Crippen molar-refractivity contribution in [2.24, 2.45) is 5.92 Å². The maximum absolute atomic E-state index is 10.8. The summed E-state index contributed by atoms with van der Waals surface area (Å²) in [5.74, 6) is 0.383. The van der Waals surface area contributed by atoms with Gasteiger partial charge in [-0.05, 0) is 30.7 Å². The number of furan rings is 1. The fourth-order valence-corrected chi connectivity index (χ4v) is 2.37. The van der Waals surface area contributed by atoms with Crippen LogP contribution in [0.3, 0.4) is 0 Å². The highest BCUT2D eigenvalue weighted by Crippen LogP contribution is 2.48. The smallest absolute Gasteiger partial charge is 0.307 e. The molecule has 1 fully saturated rings. The molecule has 1 aliphatic rings. The van der Waals surface area contributed by atoms with Gasteiger partial charge in [-0.3, -0.25) is 4.79 Å². The first-order valence-electron chi connectivity index (χ1n) is 5.74. The Morgan fingerprint density at radius 2 is 2.06 bits per heavy atom. The minimum Gasteiger partial charge on any atom is -0.481 e. The molecule has 0 radical (unpaired) electrons. The first kappa shape index (κ1) is 11.4. The molecule has 0 bridgehead atoms. The Balaban J connectivity index is 1.87. The summed E-state index contributed by atoms with van der Waals surface area (Å²) in [5, 5.41) is 9.52. The maximum Gasteiger partial charge on any atom is 0.307 e. The quantitative estimate of drug-likeness (QED) is 0.916. The summed E-state index contributed by atoms with van der Waals surface area (Å²) in [4.78, 5) is 10.8. The van der Waals surface area contributed by atoms with Crippen LogP contribution in [0.2, 0.25) is 5.02 Å². The number of benzene rings is 1. The van der Waals surface area contributed by atoms with Crippen molar-refractivity contribution in [3.05, 3.63) is 47.2 Å². The first-order chi connectivity index (χ1) is 8.66. The van der Waals surface area contributed by atoms with Gasteiger partial charge >= 0.3 is 5.97 Å². The molecule has 0 spiro atoms. The molecule has 1 heterocycles. The lowest BCUT2D eigenvalue weighted by atomic mass is 10.2. The van der Waals surface area contributed by atoms with E-state index in [0.717, 1.165) is 11.3 Å². The Hall–Kier alpha value is -1.74. The average Bonchev–Trinajstić information content (AvgIpc) is 3.02. The molecule has 92 valence electrons. The zero-order valence-corrected chi connectivity index (χ0v) is 10.2. The Morgan fingerprint density at radius 1 is 1.28 bits per heavy atom. The second-order valence-electron chi connectivity index (χ2n) is 4.47. The molecule has 0 amide bonds. The Kier molecular flexibility index (Phi) is 2.63. The van der Waals surface area contributed by atoms with Gasteiger partial charge in [0.05, 0.1) is 10.9 Å². The second kappa shape index (κ2) is 4.18. The van der Waals surface area contributed by atoms with Gasteiger partial charge in [0.15, 0.2) is 0 Å². The van der Waals surface area contributed by atoms with E-state index in [2.05, 4.69) is 0 Å². The van der Waals surface area contributed by atoms with Crippen molar-refractivity contribution >= 4 is 17.6 Å². The third kappa shape index (κ3) is 1.91. The molecule has 0 aliphatic heterocycles. The minimum absolute atomic E-state index is 0.0127. The van der Waals surface area contributed by atoms with E-state index in [9.17, 15) is 4.79 Å². The normalized spacial score (nSPS) is 21.8. The first-order valence-corrected chi connectivity index (χ1v) is 6.12. The van der Waals surface area contributed by atoms with Crippen LogP contribution in [0, 0.1) is 5.92 Å². The Bertz CT molecular complexity index is 603. The molecule has 0 unspecified atom stereocenters. The van der Waals surface area contributed by atoms with E-state index in [4.69, 9.17) is 21.1 Å². The molecule has 2 aromatic rings. The zero-order valence-electron chi connectivity index (χ0n) is 9.47. The minimum atomic E-state index is -0.754. The van der Waals surface area contributed by atoms with E-state index in [1.807, 2.05) is 30.3 Å². The maximum atomic E-state index is 10.8. The molecule has 3 nitrogen and oxygen atoms in total. The largest absolute Gasteiger partial charge is 0.481 e. The number of halogens is 1. The molecular weight excluding hydrogens is 252 g/mol. The molecule has 3 rings (SSSR count). The predicted octanol–water partition coefficient (Wildman–Crippen LogP) is 3.79. The molecule has 2 atom stereocenters. The summed E-state index contributed by atoms with van der Waals surface area (Å²) in [5.41, 5.74) is 0.831. The molecule has 1 saturated carbocycles. The van der Waals surface area contributed by atoms with Crippen molar-refractivity contribution in [2.75, 3.05) is 0 Å². The van der Waals surface area contributed by atoms with Gasteiger partial charge in [-0.25, -0.2) is 0 Å². The van der Waals surface area contributed by atoms with Crippen LogP contribution in [0.5, 0.6) is 0 Å². The van der Waals surface area contributed by atoms with Crippen molar-refractivity contribution in [1.82, 2.24) is 0 Å². The predicted molar refractivity (Wildman–Crippen MR) is 67.6 cm³/mol. The average molecular weight is 263 g/mol. The van der Waals surface area contributed by atoms with Crippen LogP contribution in [-0.4, -0.2) is 11.1 Å². The second-order valence-corrected chi connectivity index (χ2v) is 4.88. The number of carboxylic acids is 1. The van der Waals surface area contributed by atoms with Crippen molar-refractivity contribution < 1.29 is 14.3 Å². The van der Waals surface area contributed by atoms with E-state index in [0.29, 0.717) is 17.2 Å². The molecule has 1 aliphatic carbocycles. The van der Waals surface area contributed by atoms with E-state index in [-0.39, 0.29) is 11.8 Å². The van der Waals surface area contributed by atoms with Gasteiger partial charge in [0, 0.05) is 11.5 Å². The van der Waals surface area contributed by atoms with E-state index >= 15 is 0 Å².